The molecule has 1 fully saturated rings. The Bertz CT molecular complexity index is 227. The zero-order valence-corrected chi connectivity index (χ0v) is 7.02. The number of fused-ring (bicyclic) bond motifs is 1. The third-order valence-corrected chi connectivity index (χ3v) is 3.14. The Morgan fingerprint density at radius 2 is 2.27 bits per heavy atom. The molecule has 0 aromatic carbocycles. The van der Waals surface area contributed by atoms with Gasteiger partial charge >= 0.3 is 0 Å². The quantitative estimate of drug-likeness (QED) is 0.518. The molecule has 0 aromatic heterocycles. The van der Waals surface area contributed by atoms with Crippen molar-refractivity contribution in [2.45, 2.75) is 39.0 Å². The number of carbonyl (C=O) groups excluding carboxylic acids is 1. The van der Waals surface area contributed by atoms with Gasteiger partial charge in [0.25, 0.3) is 0 Å². The van der Waals surface area contributed by atoms with Gasteiger partial charge in [-0.25, -0.2) is 0 Å². The molecule has 0 N–H and O–H groups in total. The Labute approximate surface area is 67.5 Å². The highest BCUT2D eigenvalue weighted by Crippen LogP contribution is 2.46. The van der Waals surface area contributed by atoms with Crippen LogP contribution in [0.15, 0.2) is 11.6 Å². The maximum Gasteiger partial charge on any atom is 0.159 e. The average molecular weight is 150 g/mol. The summed E-state index contributed by atoms with van der Waals surface area (Å²) in [6, 6.07) is 0. The second-order valence-electron chi connectivity index (χ2n) is 3.99. The SMILES string of the molecule is C[C@@]12CCCC=C1C(=O)CC2. The first-order valence-corrected chi connectivity index (χ1v) is 4.46. The Kier molecular flexibility index (Phi) is 1.41. The fraction of sp³-hybridized carbons (Fsp3) is 0.700. The van der Waals surface area contributed by atoms with Crippen LogP contribution in [0.25, 0.3) is 0 Å². The van der Waals surface area contributed by atoms with Crippen LogP contribution in [0.2, 0.25) is 0 Å². The van der Waals surface area contributed by atoms with Crippen molar-refractivity contribution < 1.29 is 4.79 Å². The van der Waals surface area contributed by atoms with E-state index in [2.05, 4.69) is 13.0 Å². The summed E-state index contributed by atoms with van der Waals surface area (Å²) in [5.74, 6) is 0.409. The number of carbonyl (C=O) groups is 1. The van der Waals surface area contributed by atoms with Gasteiger partial charge in [-0.2, -0.15) is 0 Å². The van der Waals surface area contributed by atoms with E-state index in [4.69, 9.17) is 0 Å². The maximum atomic E-state index is 11.3. The Morgan fingerprint density at radius 1 is 1.45 bits per heavy atom. The number of Topliss-reactive ketones (excluding diaryl/α,β-unsaturated/α-hetero) is 1. The molecule has 0 saturated heterocycles. The van der Waals surface area contributed by atoms with Gasteiger partial charge in [0.2, 0.25) is 0 Å². The molecule has 2 rings (SSSR count). The second kappa shape index (κ2) is 2.20. The van der Waals surface area contributed by atoms with Crippen molar-refractivity contribution in [2.24, 2.45) is 5.41 Å². The van der Waals surface area contributed by atoms with Crippen LogP contribution in [-0.2, 0) is 4.79 Å². The highest BCUT2D eigenvalue weighted by atomic mass is 16.1. The summed E-state index contributed by atoms with van der Waals surface area (Å²) in [7, 11) is 0. The van der Waals surface area contributed by atoms with Gasteiger partial charge in [0.1, 0.15) is 0 Å². The smallest absolute Gasteiger partial charge is 0.159 e. The van der Waals surface area contributed by atoms with Crippen LogP contribution in [0.5, 0.6) is 0 Å². The van der Waals surface area contributed by atoms with Crippen molar-refractivity contribution >= 4 is 5.78 Å². The first-order chi connectivity index (χ1) is 5.22. The van der Waals surface area contributed by atoms with Crippen LogP contribution in [-0.4, -0.2) is 5.78 Å². The zero-order valence-electron chi connectivity index (χ0n) is 7.02. The average Bonchev–Trinajstić information content (AvgIpc) is 2.29. The van der Waals surface area contributed by atoms with Crippen molar-refractivity contribution in [3.63, 3.8) is 0 Å². The molecule has 0 radical (unpaired) electrons. The highest BCUT2D eigenvalue weighted by Gasteiger charge is 2.39. The standard InChI is InChI=1S/C10H14O/c1-10-6-3-2-4-8(10)9(11)5-7-10/h4H,2-3,5-7H2,1H3/t10-/m0/s1. The lowest BCUT2D eigenvalue weighted by molar-refractivity contribution is -0.114. The first kappa shape index (κ1) is 7.08. The van der Waals surface area contributed by atoms with E-state index in [1.807, 2.05) is 0 Å². The van der Waals surface area contributed by atoms with Gasteiger partial charge < -0.3 is 0 Å². The third-order valence-electron chi connectivity index (χ3n) is 3.14. The van der Waals surface area contributed by atoms with Crippen molar-refractivity contribution in [1.82, 2.24) is 0 Å². The summed E-state index contributed by atoms with van der Waals surface area (Å²) in [5, 5.41) is 0. The molecule has 2 aliphatic carbocycles. The Balaban J connectivity index is 2.38. The van der Waals surface area contributed by atoms with Gasteiger partial charge in [0.05, 0.1) is 0 Å². The summed E-state index contributed by atoms with van der Waals surface area (Å²) < 4.78 is 0. The summed E-state index contributed by atoms with van der Waals surface area (Å²) in [6.45, 7) is 2.24. The van der Waals surface area contributed by atoms with Crippen LogP contribution in [0.1, 0.15) is 39.0 Å². The highest BCUT2D eigenvalue weighted by molar-refractivity contribution is 5.99. The molecule has 11 heavy (non-hydrogen) atoms. The van der Waals surface area contributed by atoms with Gasteiger partial charge in [-0.15, -0.1) is 0 Å². The van der Waals surface area contributed by atoms with Crippen LogP contribution in [0.4, 0.5) is 0 Å². The van der Waals surface area contributed by atoms with E-state index in [9.17, 15) is 4.79 Å². The van der Waals surface area contributed by atoms with E-state index in [1.54, 1.807) is 0 Å². The Hall–Kier alpha value is -0.590. The van der Waals surface area contributed by atoms with Crippen molar-refractivity contribution in [3.8, 4) is 0 Å². The minimum absolute atomic E-state index is 0.273. The van der Waals surface area contributed by atoms with E-state index in [0.29, 0.717) is 5.78 Å². The van der Waals surface area contributed by atoms with Gasteiger partial charge in [-0.3, -0.25) is 4.79 Å². The predicted octanol–water partition coefficient (Wildman–Crippen LogP) is 2.47. The molecule has 1 heteroatoms. The molecule has 1 nitrogen and oxygen atoms in total. The number of hydrogen-bond acceptors (Lipinski definition) is 1. The lowest BCUT2D eigenvalue weighted by atomic mass is 9.76. The number of hydrogen-bond donors (Lipinski definition) is 0. The Morgan fingerprint density at radius 3 is 3.00 bits per heavy atom. The molecule has 0 aromatic rings. The number of rotatable bonds is 0. The van der Waals surface area contributed by atoms with E-state index in [-0.39, 0.29) is 5.41 Å². The van der Waals surface area contributed by atoms with Crippen LogP contribution >= 0.6 is 0 Å². The summed E-state index contributed by atoms with van der Waals surface area (Å²) in [5.41, 5.74) is 1.42. The number of allylic oxidation sites excluding steroid dienone is 2. The topological polar surface area (TPSA) is 17.1 Å². The molecule has 0 spiro atoms. The van der Waals surface area contributed by atoms with E-state index >= 15 is 0 Å². The minimum Gasteiger partial charge on any atom is -0.295 e. The predicted molar refractivity (Wildman–Crippen MR) is 44.3 cm³/mol. The molecule has 0 heterocycles. The molecule has 2 aliphatic rings. The molecule has 0 bridgehead atoms. The summed E-state index contributed by atoms with van der Waals surface area (Å²) >= 11 is 0. The zero-order chi connectivity index (χ0) is 7.90. The van der Waals surface area contributed by atoms with E-state index in [1.165, 1.54) is 12.8 Å². The summed E-state index contributed by atoms with van der Waals surface area (Å²) in [6.07, 6.45) is 7.67. The van der Waals surface area contributed by atoms with Crippen LogP contribution < -0.4 is 0 Å². The first-order valence-electron chi connectivity index (χ1n) is 4.46. The fourth-order valence-electron chi connectivity index (χ4n) is 2.35. The molecule has 0 amide bonds. The normalized spacial score (nSPS) is 36.8. The van der Waals surface area contributed by atoms with E-state index < -0.39 is 0 Å². The largest absolute Gasteiger partial charge is 0.295 e. The van der Waals surface area contributed by atoms with Crippen molar-refractivity contribution in [1.29, 1.82) is 0 Å². The van der Waals surface area contributed by atoms with Gasteiger partial charge in [0, 0.05) is 6.42 Å². The molecular weight excluding hydrogens is 136 g/mol. The molecule has 0 unspecified atom stereocenters. The van der Waals surface area contributed by atoms with Gasteiger partial charge in [-0.05, 0) is 36.7 Å². The van der Waals surface area contributed by atoms with Crippen LogP contribution in [0.3, 0.4) is 0 Å². The lowest BCUT2D eigenvalue weighted by Gasteiger charge is -2.28. The molecule has 1 atom stereocenters. The lowest BCUT2D eigenvalue weighted by Crippen LogP contribution is -2.18. The molecule has 0 aliphatic heterocycles. The van der Waals surface area contributed by atoms with Crippen LogP contribution in [0, 0.1) is 5.41 Å². The number of ketones is 1. The minimum atomic E-state index is 0.273. The maximum absolute atomic E-state index is 11.3. The second-order valence-corrected chi connectivity index (χ2v) is 3.99. The molecular formula is C10H14O. The molecule has 1 saturated carbocycles. The van der Waals surface area contributed by atoms with Crippen molar-refractivity contribution in [3.05, 3.63) is 11.6 Å². The van der Waals surface area contributed by atoms with Gasteiger partial charge in [-0.1, -0.05) is 13.0 Å². The summed E-state index contributed by atoms with van der Waals surface area (Å²) in [4.78, 5) is 11.3. The van der Waals surface area contributed by atoms with Crippen molar-refractivity contribution in [2.75, 3.05) is 0 Å². The molecule has 60 valence electrons. The fourth-order valence-corrected chi connectivity index (χ4v) is 2.35. The third kappa shape index (κ3) is 0.943. The monoisotopic (exact) mass is 150 g/mol. The van der Waals surface area contributed by atoms with E-state index in [0.717, 1.165) is 24.8 Å². The van der Waals surface area contributed by atoms with Gasteiger partial charge in [0.15, 0.2) is 5.78 Å².